The van der Waals surface area contributed by atoms with Crippen molar-refractivity contribution >= 4 is 40.2 Å². The van der Waals surface area contributed by atoms with E-state index in [4.69, 9.17) is 19.9 Å². The van der Waals surface area contributed by atoms with Gasteiger partial charge in [0.2, 0.25) is 0 Å². The van der Waals surface area contributed by atoms with Gasteiger partial charge in [-0.15, -0.1) is 12.4 Å². The van der Waals surface area contributed by atoms with Crippen LogP contribution in [0.3, 0.4) is 0 Å². The zero-order chi connectivity index (χ0) is 18.5. The van der Waals surface area contributed by atoms with E-state index in [1.54, 1.807) is 30.3 Å². The van der Waals surface area contributed by atoms with E-state index >= 15 is 0 Å². The topological polar surface area (TPSA) is 129 Å². The van der Waals surface area contributed by atoms with Crippen LogP contribution in [0, 0.1) is 0 Å². The number of hydrogen-bond acceptors (Lipinski definition) is 7. The van der Waals surface area contributed by atoms with Gasteiger partial charge in [0.05, 0.1) is 11.5 Å². The molecule has 0 bridgehead atoms. The molecule has 0 atom stereocenters. The number of nitrogens with two attached hydrogens (primary N) is 1. The Morgan fingerprint density at radius 1 is 1.11 bits per heavy atom. The standard InChI is InChI=1S/2C9H7NO3.ClH/c10-13-8-5-9(11)12-7-4-2-1-3-6(7)8;11-9(12)5-8-6-3-1-2-4-7(6)10-13-8;/h1-5H,10H2;1-4H,5H2,(H,11,12);1H. The van der Waals surface area contributed by atoms with Gasteiger partial charge in [-0.3, -0.25) is 4.79 Å². The number of para-hydroxylation sites is 1. The van der Waals surface area contributed by atoms with Crippen LogP contribution >= 0.6 is 12.4 Å². The Morgan fingerprint density at radius 2 is 1.78 bits per heavy atom. The number of carbonyl (C=O) groups is 1. The van der Waals surface area contributed by atoms with E-state index in [0.717, 1.165) is 5.39 Å². The highest BCUT2D eigenvalue weighted by atomic mass is 35.5. The van der Waals surface area contributed by atoms with E-state index in [-0.39, 0.29) is 18.8 Å². The quantitative estimate of drug-likeness (QED) is 0.403. The predicted octanol–water partition coefficient (Wildman–Crippen LogP) is 2.92. The molecule has 0 spiro atoms. The molecule has 0 aliphatic heterocycles. The molecule has 0 aliphatic carbocycles. The first-order chi connectivity index (χ1) is 12.6. The summed E-state index contributed by atoms with van der Waals surface area (Å²) in [6.45, 7) is 0. The van der Waals surface area contributed by atoms with Crippen molar-refractivity contribution in [1.82, 2.24) is 5.16 Å². The van der Waals surface area contributed by atoms with Gasteiger partial charge in [-0.25, -0.2) is 4.79 Å². The largest absolute Gasteiger partial charge is 0.481 e. The fraction of sp³-hybridized carbons (Fsp3) is 0.0556. The minimum atomic E-state index is -0.915. The smallest absolute Gasteiger partial charge is 0.340 e. The average Bonchev–Trinajstić information content (AvgIpc) is 3.04. The Kier molecular flexibility index (Phi) is 6.53. The van der Waals surface area contributed by atoms with Crippen LogP contribution in [0.2, 0.25) is 0 Å². The molecule has 2 heterocycles. The normalized spacial score (nSPS) is 9.96. The van der Waals surface area contributed by atoms with Gasteiger partial charge in [0, 0.05) is 5.39 Å². The number of carboxylic acids is 1. The maximum absolute atomic E-state index is 11.0. The highest BCUT2D eigenvalue weighted by Gasteiger charge is 2.10. The van der Waals surface area contributed by atoms with Crippen molar-refractivity contribution in [1.29, 1.82) is 0 Å². The lowest BCUT2D eigenvalue weighted by molar-refractivity contribution is -0.136. The predicted molar refractivity (Wildman–Crippen MR) is 99.9 cm³/mol. The summed E-state index contributed by atoms with van der Waals surface area (Å²) in [4.78, 5) is 25.9. The summed E-state index contributed by atoms with van der Waals surface area (Å²) in [6, 6.07) is 15.5. The van der Waals surface area contributed by atoms with Crippen LogP contribution in [-0.2, 0) is 11.2 Å². The van der Waals surface area contributed by atoms with Crippen LogP contribution < -0.4 is 16.4 Å². The second-order valence-corrected chi connectivity index (χ2v) is 5.24. The summed E-state index contributed by atoms with van der Waals surface area (Å²) >= 11 is 0. The summed E-state index contributed by atoms with van der Waals surface area (Å²) in [6.07, 6.45) is -0.124. The Morgan fingerprint density at radius 3 is 2.48 bits per heavy atom. The molecule has 4 aromatic rings. The van der Waals surface area contributed by atoms with Gasteiger partial charge in [0.25, 0.3) is 0 Å². The van der Waals surface area contributed by atoms with E-state index in [9.17, 15) is 9.59 Å². The first kappa shape index (κ1) is 20.0. The van der Waals surface area contributed by atoms with Gasteiger partial charge in [0.1, 0.15) is 17.5 Å². The summed E-state index contributed by atoms with van der Waals surface area (Å²) in [5, 5.41) is 13.7. The molecule has 140 valence electrons. The van der Waals surface area contributed by atoms with Crippen molar-refractivity contribution < 1.29 is 23.7 Å². The Bertz CT molecular complexity index is 1120. The monoisotopic (exact) mass is 390 g/mol. The molecule has 0 radical (unpaired) electrons. The molecule has 8 nitrogen and oxygen atoms in total. The molecule has 0 fully saturated rings. The molecule has 0 unspecified atom stereocenters. The minimum absolute atomic E-state index is 0. The van der Waals surface area contributed by atoms with Crippen molar-refractivity contribution in [2.45, 2.75) is 6.42 Å². The number of benzene rings is 2. The van der Waals surface area contributed by atoms with Crippen LogP contribution in [0.5, 0.6) is 5.75 Å². The maximum Gasteiger partial charge on any atom is 0.340 e. The Labute approximate surface area is 158 Å². The third-order valence-corrected chi connectivity index (χ3v) is 3.51. The van der Waals surface area contributed by atoms with Crippen molar-refractivity contribution in [2.24, 2.45) is 5.90 Å². The Hall–Kier alpha value is -3.36. The van der Waals surface area contributed by atoms with Crippen LogP contribution in [0.25, 0.3) is 21.9 Å². The summed E-state index contributed by atoms with van der Waals surface area (Å²) < 4.78 is 9.81. The minimum Gasteiger partial charge on any atom is -0.481 e. The van der Waals surface area contributed by atoms with Crippen LogP contribution in [0.4, 0.5) is 0 Å². The molecule has 0 saturated heterocycles. The number of aliphatic carboxylic acids is 1. The molecule has 3 N–H and O–H groups in total. The SMILES string of the molecule is Cl.NOc1cc(=O)oc2ccccc12.O=C(O)Cc1onc2ccccc12. The first-order valence-corrected chi connectivity index (χ1v) is 7.53. The van der Waals surface area contributed by atoms with Crippen molar-refractivity contribution in [2.75, 3.05) is 0 Å². The van der Waals surface area contributed by atoms with Crippen LogP contribution in [0.1, 0.15) is 5.76 Å². The number of nitrogens with zero attached hydrogens (tertiary/aromatic N) is 1. The zero-order valence-corrected chi connectivity index (χ0v) is 14.6. The number of carboxylic acid groups (broad SMARTS) is 1. The third-order valence-electron chi connectivity index (χ3n) is 3.51. The maximum atomic E-state index is 11.0. The second kappa shape index (κ2) is 8.84. The third kappa shape index (κ3) is 4.63. The molecule has 0 amide bonds. The average molecular weight is 391 g/mol. The molecular formula is C18H15ClN2O6. The summed E-state index contributed by atoms with van der Waals surface area (Å²) in [5.41, 5.74) is 0.688. The number of fused-ring (bicyclic) bond motifs is 2. The number of halogens is 1. The van der Waals surface area contributed by atoms with E-state index in [2.05, 4.69) is 9.99 Å². The summed E-state index contributed by atoms with van der Waals surface area (Å²) in [7, 11) is 0. The second-order valence-electron chi connectivity index (χ2n) is 5.24. The molecule has 0 aliphatic rings. The number of aromatic nitrogens is 1. The van der Waals surface area contributed by atoms with Crippen molar-refractivity contribution in [3.05, 3.63) is 70.8 Å². The van der Waals surface area contributed by atoms with E-state index in [0.29, 0.717) is 28.0 Å². The van der Waals surface area contributed by atoms with Gasteiger partial charge in [0.15, 0.2) is 11.5 Å². The summed E-state index contributed by atoms with van der Waals surface area (Å²) in [5.74, 6) is 4.82. The van der Waals surface area contributed by atoms with E-state index in [1.807, 2.05) is 18.2 Å². The molecule has 2 aromatic heterocycles. The van der Waals surface area contributed by atoms with Crippen molar-refractivity contribution in [3.63, 3.8) is 0 Å². The molecule has 27 heavy (non-hydrogen) atoms. The fourth-order valence-corrected chi connectivity index (χ4v) is 2.39. The zero-order valence-electron chi connectivity index (χ0n) is 13.8. The highest BCUT2D eigenvalue weighted by molar-refractivity contribution is 5.85. The van der Waals surface area contributed by atoms with E-state index < -0.39 is 11.6 Å². The van der Waals surface area contributed by atoms with Gasteiger partial charge < -0.3 is 18.9 Å². The number of rotatable bonds is 3. The fourth-order valence-electron chi connectivity index (χ4n) is 2.39. The molecule has 9 heteroatoms. The lowest BCUT2D eigenvalue weighted by atomic mass is 10.2. The highest BCUT2D eigenvalue weighted by Crippen LogP contribution is 2.21. The molecule has 4 rings (SSSR count). The van der Waals surface area contributed by atoms with Gasteiger partial charge in [-0.05, 0) is 24.3 Å². The Balaban J connectivity index is 0.000000187. The lowest BCUT2D eigenvalue weighted by Crippen LogP contribution is -2.06. The van der Waals surface area contributed by atoms with Crippen LogP contribution in [-0.4, -0.2) is 16.2 Å². The number of hydrogen-bond donors (Lipinski definition) is 2. The molecule has 2 aromatic carbocycles. The van der Waals surface area contributed by atoms with Gasteiger partial charge in [-0.1, -0.05) is 29.4 Å². The molecule has 0 saturated carbocycles. The lowest BCUT2D eigenvalue weighted by Gasteiger charge is -2.00. The molecular weight excluding hydrogens is 376 g/mol. The van der Waals surface area contributed by atoms with Gasteiger partial charge >= 0.3 is 11.6 Å². The van der Waals surface area contributed by atoms with Crippen LogP contribution in [0.15, 0.2) is 68.3 Å². The van der Waals surface area contributed by atoms with E-state index in [1.165, 1.54) is 6.07 Å². The van der Waals surface area contributed by atoms with Crippen molar-refractivity contribution in [3.8, 4) is 5.75 Å². The first-order valence-electron chi connectivity index (χ1n) is 7.53. The van der Waals surface area contributed by atoms with Gasteiger partial charge in [-0.2, -0.15) is 5.90 Å².